The van der Waals surface area contributed by atoms with Gasteiger partial charge in [0.15, 0.2) is 0 Å². The molecular weight excluding hydrogens is 288 g/mol. The maximum Gasteiger partial charge on any atom is 0.313 e. The standard InChI is InChI=1S/C19H20N2O2/c1-13-7-8-14(2)17(11-13)20-18(22)19(23)21-10-9-15-5-3-4-6-16(15)12-21/h3-8,11H,9-10,12H2,1-2H3,(H,20,22). The highest BCUT2D eigenvalue weighted by Crippen LogP contribution is 2.20. The van der Waals surface area contributed by atoms with Crippen molar-refractivity contribution >= 4 is 17.5 Å². The first-order chi connectivity index (χ1) is 11.0. The minimum atomic E-state index is -0.571. The number of anilines is 1. The summed E-state index contributed by atoms with van der Waals surface area (Å²) in [6, 6.07) is 13.9. The van der Waals surface area contributed by atoms with Crippen LogP contribution in [-0.4, -0.2) is 23.3 Å². The molecule has 1 aliphatic rings. The third-order valence-electron chi connectivity index (χ3n) is 4.25. The van der Waals surface area contributed by atoms with Gasteiger partial charge in [-0.1, -0.05) is 36.4 Å². The molecule has 0 spiro atoms. The Morgan fingerprint density at radius 1 is 1.04 bits per heavy atom. The van der Waals surface area contributed by atoms with Gasteiger partial charge in [-0.05, 0) is 48.6 Å². The third-order valence-corrected chi connectivity index (χ3v) is 4.25. The van der Waals surface area contributed by atoms with E-state index in [1.54, 1.807) is 4.90 Å². The number of carbonyl (C=O) groups is 2. The van der Waals surface area contributed by atoms with E-state index in [9.17, 15) is 9.59 Å². The smallest absolute Gasteiger partial charge is 0.313 e. The number of fused-ring (bicyclic) bond motifs is 1. The van der Waals surface area contributed by atoms with Crippen LogP contribution >= 0.6 is 0 Å². The van der Waals surface area contributed by atoms with Gasteiger partial charge in [-0.2, -0.15) is 0 Å². The van der Waals surface area contributed by atoms with Gasteiger partial charge in [-0.25, -0.2) is 0 Å². The fourth-order valence-electron chi connectivity index (χ4n) is 2.86. The van der Waals surface area contributed by atoms with Gasteiger partial charge in [0.25, 0.3) is 0 Å². The zero-order valence-corrected chi connectivity index (χ0v) is 13.4. The number of nitrogens with zero attached hydrogens (tertiary/aromatic N) is 1. The Bertz CT molecular complexity index is 768. The number of aryl methyl sites for hydroxylation is 2. The number of carbonyl (C=O) groups excluding carboxylic acids is 2. The predicted molar refractivity (Wildman–Crippen MR) is 90.1 cm³/mol. The summed E-state index contributed by atoms with van der Waals surface area (Å²) in [5.74, 6) is -1.04. The van der Waals surface area contributed by atoms with Crippen LogP contribution in [0.3, 0.4) is 0 Å². The average molecular weight is 308 g/mol. The molecule has 0 saturated heterocycles. The van der Waals surface area contributed by atoms with Gasteiger partial charge in [0.1, 0.15) is 0 Å². The molecule has 2 aromatic carbocycles. The summed E-state index contributed by atoms with van der Waals surface area (Å²) in [5.41, 5.74) is 5.06. The molecule has 0 bridgehead atoms. The Morgan fingerprint density at radius 2 is 1.78 bits per heavy atom. The third kappa shape index (κ3) is 3.26. The highest BCUT2D eigenvalue weighted by molar-refractivity contribution is 6.39. The summed E-state index contributed by atoms with van der Waals surface area (Å²) in [6.45, 7) is 4.94. The molecule has 3 rings (SSSR count). The molecule has 118 valence electrons. The highest BCUT2D eigenvalue weighted by Gasteiger charge is 2.25. The summed E-state index contributed by atoms with van der Waals surface area (Å²) >= 11 is 0. The largest absolute Gasteiger partial charge is 0.330 e. The van der Waals surface area contributed by atoms with Gasteiger partial charge in [-0.15, -0.1) is 0 Å². The summed E-state index contributed by atoms with van der Waals surface area (Å²) in [5, 5.41) is 2.74. The molecule has 1 aliphatic heterocycles. The lowest BCUT2D eigenvalue weighted by atomic mass is 10.00. The fraction of sp³-hybridized carbons (Fsp3) is 0.263. The van der Waals surface area contributed by atoms with Gasteiger partial charge < -0.3 is 10.2 Å². The van der Waals surface area contributed by atoms with Crippen molar-refractivity contribution in [3.8, 4) is 0 Å². The zero-order chi connectivity index (χ0) is 16.4. The van der Waals surface area contributed by atoms with E-state index in [1.165, 1.54) is 5.56 Å². The van der Waals surface area contributed by atoms with E-state index < -0.39 is 11.8 Å². The summed E-state index contributed by atoms with van der Waals surface area (Å²) in [4.78, 5) is 26.3. The van der Waals surface area contributed by atoms with E-state index in [1.807, 2.05) is 50.2 Å². The Kier molecular flexibility index (Phi) is 4.15. The molecular formula is C19H20N2O2. The molecule has 0 aliphatic carbocycles. The van der Waals surface area contributed by atoms with Crippen molar-refractivity contribution in [2.45, 2.75) is 26.8 Å². The SMILES string of the molecule is Cc1ccc(C)c(NC(=O)C(=O)N2CCc3ccccc3C2)c1. The molecule has 2 aromatic rings. The summed E-state index contributed by atoms with van der Waals surface area (Å²) in [6.07, 6.45) is 0.790. The van der Waals surface area contributed by atoms with Crippen molar-refractivity contribution in [1.29, 1.82) is 0 Å². The van der Waals surface area contributed by atoms with Crippen molar-refractivity contribution in [1.82, 2.24) is 4.90 Å². The van der Waals surface area contributed by atoms with Gasteiger partial charge >= 0.3 is 11.8 Å². The van der Waals surface area contributed by atoms with Gasteiger partial charge in [0.05, 0.1) is 0 Å². The quantitative estimate of drug-likeness (QED) is 0.824. The number of amides is 2. The van der Waals surface area contributed by atoms with Crippen LogP contribution in [0.1, 0.15) is 22.3 Å². The molecule has 0 unspecified atom stereocenters. The average Bonchev–Trinajstić information content (AvgIpc) is 2.57. The summed E-state index contributed by atoms with van der Waals surface area (Å²) in [7, 11) is 0. The van der Waals surface area contributed by atoms with Gasteiger partial charge in [-0.3, -0.25) is 9.59 Å². The number of hydrogen-bond donors (Lipinski definition) is 1. The molecule has 0 saturated carbocycles. The molecule has 4 heteroatoms. The maximum atomic E-state index is 12.4. The molecule has 0 aromatic heterocycles. The second-order valence-electron chi connectivity index (χ2n) is 6.02. The number of nitrogens with one attached hydrogen (secondary N) is 1. The van der Waals surface area contributed by atoms with Crippen molar-refractivity contribution in [2.24, 2.45) is 0 Å². The van der Waals surface area contributed by atoms with E-state index in [2.05, 4.69) is 11.4 Å². The van der Waals surface area contributed by atoms with E-state index >= 15 is 0 Å². The van der Waals surface area contributed by atoms with E-state index in [4.69, 9.17) is 0 Å². The lowest BCUT2D eigenvalue weighted by Crippen LogP contribution is -2.42. The first-order valence-electron chi connectivity index (χ1n) is 7.79. The van der Waals surface area contributed by atoms with Crippen LogP contribution in [0.4, 0.5) is 5.69 Å². The minimum Gasteiger partial charge on any atom is -0.330 e. The number of hydrogen-bond acceptors (Lipinski definition) is 2. The molecule has 2 amide bonds. The Balaban J connectivity index is 1.71. The predicted octanol–water partition coefficient (Wildman–Crippen LogP) is 2.83. The van der Waals surface area contributed by atoms with Crippen LogP contribution in [0.2, 0.25) is 0 Å². The van der Waals surface area contributed by atoms with E-state index in [0.717, 1.165) is 23.1 Å². The van der Waals surface area contributed by atoms with Crippen molar-refractivity contribution in [2.75, 3.05) is 11.9 Å². The lowest BCUT2D eigenvalue weighted by molar-refractivity contribution is -0.143. The van der Waals surface area contributed by atoms with E-state index in [-0.39, 0.29) is 0 Å². The molecule has 23 heavy (non-hydrogen) atoms. The van der Waals surface area contributed by atoms with Crippen molar-refractivity contribution < 1.29 is 9.59 Å². The van der Waals surface area contributed by atoms with Gasteiger partial charge in [0, 0.05) is 18.8 Å². The summed E-state index contributed by atoms with van der Waals surface area (Å²) < 4.78 is 0. The second-order valence-corrected chi connectivity index (χ2v) is 6.02. The van der Waals surface area contributed by atoms with E-state index in [0.29, 0.717) is 18.8 Å². The van der Waals surface area contributed by atoms with Gasteiger partial charge in [0.2, 0.25) is 0 Å². The van der Waals surface area contributed by atoms with Crippen LogP contribution in [0, 0.1) is 13.8 Å². The molecule has 0 fully saturated rings. The second kappa shape index (κ2) is 6.24. The molecule has 4 nitrogen and oxygen atoms in total. The maximum absolute atomic E-state index is 12.4. The fourth-order valence-corrected chi connectivity index (χ4v) is 2.86. The number of benzene rings is 2. The molecule has 1 N–H and O–H groups in total. The molecule has 1 heterocycles. The lowest BCUT2D eigenvalue weighted by Gasteiger charge is -2.28. The first-order valence-corrected chi connectivity index (χ1v) is 7.79. The van der Waals surface area contributed by atoms with Crippen molar-refractivity contribution in [3.63, 3.8) is 0 Å². The van der Waals surface area contributed by atoms with Crippen molar-refractivity contribution in [3.05, 3.63) is 64.7 Å². The Labute approximate surface area is 136 Å². The monoisotopic (exact) mass is 308 g/mol. The Morgan fingerprint density at radius 3 is 2.57 bits per heavy atom. The zero-order valence-electron chi connectivity index (χ0n) is 13.4. The minimum absolute atomic E-state index is 0.472. The van der Waals surface area contributed by atoms with Crippen LogP contribution < -0.4 is 5.32 Å². The first kappa shape index (κ1) is 15.3. The molecule has 0 radical (unpaired) electrons. The molecule has 0 atom stereocenters. The van der Waals surface area contributed by atoms with Crippen LogP contribution in [0.5, 0.6) is 0 Å². The highest BCUT2D eigenvalue weighted by atomic mass is 16.2. The number of rotatable bonds is 1. The normalized spacial score (nSPS) is 13.4. The van der Waals surface area contributed by atoms with Crippen LogP contribution in [0.15, 0.2) is 42.5 Å². The Hall–Kier alpha value is -2.62. The topological polar surface area (TPSA) is 49.4 Å². The van der Waals surface area contributed by atoms with Crippen LogP contribution in [-0.2, 0) is 22.6 Å². The van der Waals surface area contributed by atoms with Crippen LogP contribution in [0.25, 0.3) is 0 Å².